The van der Waals surface area contributed by atoms with Crippen LogP contribution in [0, 0.1) is 0 Å². The zero-order valence-corrected chi connectivity index (χ0v) is 18.2. The van der Waals surface area contributed by atoms with Gasteiger partial charge in [0.05, 0.1) is 33.8 Å². The van der Waals surface area contributed by atoms with Gasteiger partial charge in [-0.1, -0.05) is 18.3 Å². The summed E-state index contributed by atoms with van der Waals surface area (Å²) in [4.78, 5) is 26.2. The van der Waals surface area contributed by atoms with E-state index in [9.17, 15) is 4.79 Å². The highest BCUT2D eigenvalue weighted by Crippen LogP contribution is 2.43. The Morgan fingerprint density at radius 2 is 2.13 bits per heavy atom. The molecule has 8 heteroatoms. The predicted molar refractivity (Wildman–Crippen MR) is 121 cm³/mol. The number of nitrogens with one attached hydrogen (secondary N) is 1. The highest BCUT2D eigenvalue weighted by atomic mass is 32.1. The minimum atomic E-state index is -0.118. The molecule has 0 atom stereocenters. The second-order valence-electron chi connectivity index (χ2n) is 7.52. The molecular weight excluding hydrogens is 408 g/mol. The van der Waals surface area contributed by atoms with Crippen LogP contribution in [0.1, 0.15) is 37.2 Å². The van der Waals surface area contributed by atoms with Crippen LogP contribution in [0.4, 0.5) is 5.13 Å². The molecule has 4 aromatic rings. The molecule has 0 saturated carbocycles. The van der Waals surface area contributed by atoms with Gasteiger partial charge in [0.15, 0.2) is 5.13 Å². The third-order valence-electron chi connectivity index (χ3n) is 5.37. The predicted octanol–water partition coefficient (Wildman–Crippen LogP) is 4.46. The number of aromatic nitrogens is 5. The summed E-state index contributed by atoms with van der Waals surface area (Å²) in [5, 5.41) is 8.49. The summed E-state index contributed by atoms with van der Waals surface area (Å²) < 4.78 is 1.96. The molecule has 0 unspecified atom stereocenters. The Hall–Kier alpha value is -3.39. The molecule has 0 aromatic carbocycles. The molecule has 0 radical (unpaired) electrons. The van der Waals surface area contributed by atoms with Gasteiger partial charge in [0, 0.05) is 36.1 Å². The van der Waals surface area contributed by atoms with Crippen LogP contribution in [0.25, 0.3) is 27.5 Å². The Bertz CT molecular complexity index is 1240. The Kier molecular flexibility index (Phi) is 5.07. The van der Waals surface area contributed by atoms with Gasteiger partial charge in [0.2, 0.25) is 5.91 Å². The van der Waals surface area contributed by atoms with Crippen LogP contribution >= 0.6 is 11.3 Å². The van der Waals surface area contributed by atoms with E-state index in [4.69, 9.17) is 10.1 Å². The van der Waals surface area contributed by atoms with Crippen LogP contribution in [0.5, 0.6) is 0 Å². The Morgan fingerprint density at radius 1 is 1.23 bits per heavy atom. The van der Waals surface area contributed by atoms with Crippen molar-refractivity contribution >= 4 is 22.4 Å². The number of hydrogen-bond acceptors (Lipinski definition) is 6. The highest BCUT2D eigenvalue weighted by Gasteiger charge is 2.28. The summed E-state index contributed by atoms with van der Waals surface area (Å²) in [5.74, 6) is -0.118. The number of hydrogen-bond donors (Lipinski definition) is 1. The van der Waals surface area contributed by atoms with Crippen molar-refractivity contribution in [3.8, 4) is 27.5 Å². The molecule has 0 bridgehead atoms. The molecule has 1 aliphatic rings. The molecule has 156 valence electrons. The minimum absolute atomic E-state index is 0.118. The number of pyridine rings is 2. The zero-order chi connectivity index (χ0) is 21.4. The van der Waals surface area contributed by atoms with Gasteiger partial charge in [-0.3, -0.25) is 14.8 Å². The number of anilines is 1. The summed E-state index contributed by atoms with van der Waals surface area (Å²) in [6.45, 7) is 3.60. The fourth-order valence-corrected chi connectivity index (χ4v) is 5.05. The van der Waals surface area contributed by atoms with Crippen molar-refractivity contribution in [2.24, 2.45) is 0 Å². The van der Waals surface area contributed by atoms with E-state index in [0.29, 0.717) is 5.13 Å². The number of rotatable bonds is 4. The summed E-state index contributed by atoms with van der Waals surface area (Å²) in [5.41, 5.74) is 7.12. The number of thiazole rings is 1. The standard InChI is InChI=1S/C23H22N6OS/c1-3-16-10-9-15(12-25-16)20-18-7-4-8-19-22(31-23(27-19)26-14(2)30)21(18)29(28-20)17-6-5-11-24-13-17/h5-6,9-13H,3-4,7-8H2,1-2H3,(H,26,27,30). The smallest absolute Gasteiger partial charge is 0.223 e. The van der Waals surface area contributed by atoms with E-state index in [1.807, 2.05) is 29.2 Å². The first-order chi connectivity index (χ1) is 15.1. The van der Waals surface area contributed by atoms with Crippen molar-refractivity contribution in [1.29, 1.82) is 0 Å². The first kappa shape index (κ1) is 19.6. The van der Waals surface area contributed by atoms with Gasteiger partial charge < -0.3 is 5.32 Å². The number of amides is 1. The summed E-state index contributed by atoms with van der Waals surface area (Å²) in [6.07, 6.45) is 9.12. The molecule has 0 spiro atoms. The largest absolute Gasteiger partial charge is 0.302 e. The quantitative estimate of drug-likeness (QED) is 0.517. The van der Waals surface area contributed by atoms with E-state index in [1.165, 1.54) is 23.8 Å². The van der Waals surface area contributed by atoms with Crippen LogP contribution in [0.15, 0.2) is 42.9 Å². The molecule has 0 fully saturated rings. The zero-order valence-electron chi connectivity index (χ0n) is 17.4. The molecule has 31 heavy (non-hydrogen) atoms. The maximum Gasteiger partial charge on any atom is 0.223 e. The average molecular weight is 431 g/mol. The molecule has 5 rings (SSSR count). The SMILES string of the molecule is CCc1ccc(-c2nn(-c3cccnc3)c3c2CCCc2nc(NC(C)=O)sc2-3)cn1. The van der Waals surface area contributed by atoms with E-state index < -0.39 is 0 Å². The van der Waals surface area contributed by atoms with E-state index in [0.717, 1.165) is 64.6 Å². The second kappa shape index (κ2) is 8.03. The summed E-state index contributed by atoms with van der Waals surface area (Å²) >= 11 is 1.50. The van der Waals surface area contributed by atoms with Crippen molar-refractivity contribution in [3.63, 3.8) is 0 Å². The lowest BCUT2D eigenvalue weighted by molar-refractivity contribution is -0.114. The summed E-state index contributed by atoms with van der Waals surface area (Å²) in [6, 6.07) is 8.08. The van der Waals surface area contributed by atoms with Crippen LogP contribution in [-0.2, 0) is 24.1 Å². The molecule has 4 aromatic heterocycles. The topological polar surface area (TPSA) is 85.6 Å². The van der Waals surface area contributed by atoms with Gasteiger partial charge in [-0.15, -0.1) is 0 Å². The van der Waals surface area contributed by atoms with Crippen molar-refractivity contribution in [2.75, 3.05) is 5.32 Å². The highest BCUT2D eigenvalue weighted by molar-refractivity contribution is 7.19. The Morgan fingerprint density at radius 3 is 2.84 bits per heavy atom. The third kappa shape index (κ3) is 3.63. The average Bonchev–Trinajstić information content (AvgIpc) is 3.30. The molecule has 1 N–H and O–H groups in total. The van der Waals surface area contributed by atoms with Crippen LogP contribution in [-0.4, -0.2) is 30.6 Å². The van der Waals surface area contributed by atoms with Gasteiger partial charge in [-0.05, 0) is 49.9 Å². The third-order valence-corrected chi connectivity index (χ3v) is 6.39. The Balaban J connectivity index is 1.73. The van der Waals surface area contributed by atoms with Crippen molar-refractivity contribution in [3.05, 3.63) is 59.8 Å². The lowest BCUT2D eigenvalue weighted by Gasteiger charge is -2.06. The van der Waals surface area contributed by atoms with E-state index in [1.54, 1.807) is 6.20 Å². The van der Waals surface area contributed by atoms with Gasteiger partial charge in [0.1, 0.15) is 0 Å². The lowest BCUT2D eigenvalue weighted by atomic mass is 10.0. The van der Waals surface area contributed by atoms with Crippen molar-refractivity contribution in [1.82, 2.24) is 24.7 Å². The van der Waals surface area contributed by atoms with Crippen molar-refractivity contribution < 1.29 is 4.79 Å². The first-order valence-electron chi connectivity index (χ1n) is 10.4. The molecule has 1 aliphatic carbocycles. The van der Waals surface area contributed by atoms with Gasteiger partial charge in [-0.25, -0.2) is 9.67 Å². The Labute approximate surface area is 184 Å². The normalized spacial score (nSPS) is 12.7. The number of carbonyl (C=O) groups excluding carboxylic acids is 1. The van der Waals surface area contributed by atoms with Crippen LogP contribution in [0.3, 0.4) is 0 Å². The van der Waals surface area contributed by atoms with Gasteiger partial charge in [-0.2, -0.15) is 5.10 Å². The fourth-order valence-electron chi connectivity index (χ4n) is 3.93. The number of fused-ring (bicyclic) bond motifs is 3. The van der Waals surface area contributed by atoms with E-state index in [-0.39, 0.29) is 5.91 Å². The molecule has 7 nitrogen and oxygen atoms in total. The van der Waals surface area contributed by atoms with Gasteiger partial charge >= 0.3 is 0 Å². The minimum Gasteiger partial charge on any atom is -0.302 e. The molecule has 0 saturated heterocycles. The summed E-state index contributed by atoms with van der Waals surface area (Å²) in [7, 11) is 0. The number of aryl methyl sites for hydroxylation is 2. The fraction of sp³-hybridized carbons (Fsp3) is 0.261. The monoisotopic (exact) mass is 430 g/mol. The molecule has 4 heterocycles. The van der Waals surface area contributed by atoms with Crippen LogP contribution < -0.4 is 5.32 Å². The maximum absolute atomic E-state index is 11.6. The second-order valence-corrected chi connectivity index (χ2v) is 8.52. The van der Waals surface area contributed by atoms with Gasteiger partial charge in [0.25, 0.3) is 0 Å². The molecular formula is C23H22N6OS. The maximum atomic E-state index is 11.6. The number of nitrogens with zero attached hydrogens (tertiary/aromatic N) is 5. The van der Waals surface area contributed by atoms with Crippen LogP contribution in [0.2, 0.25) is 0 Å². The molecule has 0 aliphatic heterocycles. The number of carbonyl (C=O) groups is 1. The first-order valence-corrected chi connectivity index (χ1v) is 11.2. The van der Waals surface area contributed by atoms with E-state index >= 15 is 0 Å². The molecule has 1 amide bonds. The van der Waals surface area contributed by atoms with E-state index in [2.05, 4.69) is 34.3 Å². The lowest BCUT2D eigenvalue weighted by Crippen LogP contribution is -2.05. The van der Waals surface area contributed by atoms with Crippen molar-refractivity contribution in [2.45, 2.75) is 39.5 Å².